The third-order valence-electron chi connectivity index (χ3n) is 3.16. The molecule has 0 spiro atoms. The Morgan fingerprint density at radius 2 is 2.14 bits per heavy atom. The first-order valence-corrected chi connectivity index (χ1v) is 8.18. The Morgan fingerprint density at radius 3 is 2.82 bits per heavy atom. The number of halogens is 1. The van der Waals surface area contributed by atoms with Gasteiger partial charge in [0.05, 0.1) is 10.7 Å². The number of aromatic nitrogens is 1. The first-order chi connectivity index (χ1) is 10.2. The fraction of sp³-hybridized carbons (Fsp3) is 0.375. The van der Waals surface area contributed by atoms with Gasteiger partial charge in [-0.25, -0.2) is 4.98 Å². The highest BCUT2D eigenvalue weighted by atomic mass is 127. The molecule has 0 saturated heterocycles. The summed E-state index contributed by atoms with van der Waals surface area (Å²) < 4.78 is 0. The van der Waals surface area contributed by atoms with Gasteiger partial charge in [-0.05, 0) is 30.5 Å². The molecule has 0 aliphatic carbocycles. The van der Waals surface area contributed by atoms with Crippen LogP contribution in [0.25, 0.3) is 0 Å². The molecule has 2 rings (SSSR count). The molecule has 6 heteroatoms. The molecule has 0 unspecified atom stereocenters. The topological polar surface area (TPSA) is 63.3 Å². The number of aliphatic imine (C=N–C) groups is 1. The Balaban J connectivity index is 0.00000242. The molecule has 120 valence electrons. The van der Waals surface area contributed by atoms with Crippen LogP contribution in [-0.4, -0.2) is 17.5 Å². The smallest absolute Gasteiger partial charge is 0.193 e. The van der Waals surface area contributed by atoms with Crippen molar-refractivity contribution in [2.75, 3.05) is 11.9 Å². The molecule has 0 atom stereocenters. The quantitative estimate of drug-likeness (QED) is 0.416. The molecule has 3 N–H and O–H groups in total. The van der Waals surface area contributed by atoms with Gasteiger partial charge in [0, 0.05) is 24.0 Å². The third-order valence-corrected chi connectivity index (χ3v) is 4.20. The minimum atomic E-state index is 0. The Hall–Kier alpha value is -1.15. The summed E-state index contributed by atoms with van der Waals surface area (Å²) in [5.74, 6) is 0.453. The first-order valence-electron chi connectivity index (χ1n) is 7.30. The van der Waals surface area contributed by atoms with Gasteiger partial charge in [-0.1, -0.05) is 26.0 Å². The standard InChI is InChI=1S/C16H22N4S.HI/c1-3-12-6-5-7-13(10-12)20-16(17)18-9-8-14-11-21-15(4-2)19-14;/h5-7,10-11H,3-4,8-9H2,1-2H3,(H3,17,18,20);1H. The maximum Gasteiger partial charge on any atom is 0.193 e. The number of benzene rings is 1. The number of guanidine groups is 1. The zero-order chi connectivity index (χ0) is 15.1. The summed E-state index contributed by atoms with van der Waals surface area (Å²) >= 11 is 1.71. The number of nitrogens with two attached hydrogens (primary N) is 1. The van der Waals surface area contributed by atoms with Crippen molar-refractivity contribution in [2.24, 2.45) is 10.7 Å². The lowest BCUT2D eigenvalue weighted by Crippen LogP contribution is -2.23. The van der Waals surface area contributed by atoms with E-state index in [2.05, 4.69) is 46.7 Å². The maximum absolute atomic E-state index is 5.91. The fourth-order valence-corrected chi connectivity index (χ4v) is 2.75. The second kappa shape index (κ2) is 9.78. The zero-order valence-electron chi connectivity index (χ0n) is 13.0. The van der Waals surface area contributed by atoms with Crippen LogP contribution in [0.1, 0.15) is 30.1 Å². The van der Waals surface area contributed by atoms with E-state index in [1.807, 2.05) is 12.1 Å². The summed E-state index contributed by atoms with van der Waals surface area (Å²) in [4.78, 5) is 8.87. The molecular weight excluding hydrogens is 407 g/mol. The highest BCUT2D eigenvalue weighted by Crippen LogP contribution is 2.12. The van der Waals surface area contributed by atoms with Gasteiger partial charge < -0.3 is 11.1 Å². The highest BCUT2D eigenvalue weighted by Gasteiger charge is 2.00. The maximum atomic E-state index is 5.91. The van der Waals surface area contributed by atoms with Crippen LogP contribution in [0, 0.1) is 0 Å². The SMILES string of the molecule is CCc1cccc(NC(N)=NCCc2csc(CC)n2)c1.I. The Kier molecular flexibility index (Phi) is 8.40. The minimum Gasteiger partial charge on any atom is -0.370 e. The lowest BCUT2D eigenvalue weighted by atomic mass is 10.1. The zero-order valence-corrected chi connectivity index (χ0v) is 16.2. The van der Waals surface area contributed by atoms with Gasteiger partial charge in [-0.3, -0.25) is 4.99 Å². The Bertz CT molecular complexity index is 610. The van der Waals surface area contributed by atoms with Crippen LogP contribution in [0.15, 0.2) is 34.6 Å². The first kappa shape index (κ1) is 18.9. The van der Waals surface area contributed by atoms with Crippen molar-refractivity contribution < 1.29 is 0 Å². The molecule has 0 amide bonds. The monoisotopic (exact) mass is 430 g/mol. The van der Waals surface area contributed by atoms with E-state index in [9.17, 15) is 0 Å². The highest BCUT2D eigenvalue weighted by molar-refractivity contribution is 14.0. The minimum absolute atomic E-state index is 0. The molecule has 0 fully saturated rings. The van der Waals surface area contributed by atoms with E-state index in [0.29, 0.717) is 12.5 Å². The lowest BCUT2D eigenvalue weighted by Gasteiger charge is -2.06. The summed E-state index contributed by atoms with van der Waals surface area (Å²) in [5.41, 5.74) is 9.28. The van der Waals surface area contributed by atoms with Gasteiger partial charge in [-0.2, -0.15) is 0 Å². The number of aryl methyl sites for hydroxylation is 2. The van der Waals surface area contributed by atoms with Gasteiger partial charge in [-0.15, -0.1) is 35.3 Å². The molecule has 1 aromatic carbocycles. The molecule has 22 heavy (non-hydrogen) atoms. The third kappa shape index (κ3) is 5.92. The average Bonchev–Trinajstić information content (AvgIpc) is 2.95. The van der Waals surface area contributed by atoms with Gasteiger partial charge in [0.25, 0.3) is 0 Å². The van der Waals surface area contributed by atoms with Crippen molar-refractivity contribution in [3.8, 4) is 0 Å². The van der Waals surface area contributed by atoms with Crippen LogP contribution in [-0.2, 0) is 19.3 Å². The molecule has 0 radical (unpaired) electrons. The van der Waals surface area contributed by atoms with Crippen LogP contribution < -0.4 is 11.1 Å². The molecule has 0 saturated carbocycles. The van der Waals surface area contributed by atoms with Crippen molar-refractivity contribution in [1.82, 2.24) is 4.98 Å². The van der Waals surface area contributed by atoms with E-state index in [0.717, 1.165) is 30.6 Å². The van der Waals surface area contributed by atoms with Gasteiger partial charge in [0.15, 0.2) is 5.96 Å². The van der Waals surface area contributed by atoms with Crippen LogP contribution >= 0.6 is 35.3 Å². The second-order valence-electron chi connectivity index (χ2n) is 4.78. The van der Waals surface area contributed by atoms with Crippen LogP contribution in [0.4, 0.5) is 5.69 Å². The Morgan fingerprint density at radius 1 is 1.32 bits per heavy atom. The number of hydrogen-bond acceptors (Lipinski definition) is 3. The molecule has 0 aliphatic rings. The fourth-order valence-electron chi connectivity index (χ4n) is 1.97. The van der Waals surface area contributed by atoms with E-state index in [4.69, 9.17) is 5.73 Å². The van der Waals surface area contributed by atoms with E-state index in [1.54, 1.807) is 11.3 Å². The summed E-state index contributed by atoms with van der Waals surface area (Å²) in [6.07, 6.45) is 2.83. The molecule has 0 aliphatic heterocycles. The normalized spacial score (nSPS) is 11.1. The molecular formula is C16H23IN4S. The average molecular weight is 430 g/mol. The molecule has 4 nitrogen and oxygen atoms in total. The van der Waals surface area contributed by atoms with Crippen molar-refractivity contribution in [3.05, 3.63) is 45.9 Å². The molecule has 1 heterocycles. The predicted molar refractivity (Wildman–Crippen MR) is 107 cm³/mol. The molecule has 1 aromatic heterocycles. The van der Waals surface area contributed by atoms with Crippen LogP contribution in [0.3, 0.4) is 0 Å². The summed E-state index contributed by atoms with van der Waals surface area (Å²) in [6.45, 7) is 4.90. The van der Waals surface area contributed by atoms with Gasteiger partial charge >= 0.3 is 0 Å². The summed E-state index contributed by atoms with van der Waals surface area (Å²) in [7, 11) is 0. The van der Waals surface area contributed by atoms with Crippen LogP contribution in [0.5, 0.6) is 0 Å². The van der Waals surface area contributed by atoms with E-state index in [-0.39, 0.29) is 24.0 Å². The number of hydrogen-bond donors (Lipinski definition) is 2. The largest absolute Gasteiger partial charge is 0.370 e. The van der Waals surface area contributed by atoms with Gasteiger partial charge in [0.2, 0.25) is 0 Å². The number of anilines is 1. The number of rotatable bonds is 6. The molecule has 0 bridgehead atoms. The van der Waals surface area contributed by atoms with Crippen molar-refractivity contribution >= 4 is 47.0 Å². The van der Waals surface area contributed by atoms with Crippen molar-refractivity contribution in [3.63, 3.8) is 0 Å². The second-order valence-corrected chi connectivity index (χ2v) is 5.72. The predicted octanol–water partition coefficient (Wildman–Crippen LogP) is 3.86. The number of nitrogens with one attached hydrogen (secondary N) is 1. The van der Waals surface area contributed by atoms with Crippen molar-refractivity contribution in [2.45, 2.75) is 33.1 Å². The van der Waals surface area contributed by atoms with E-state index in [1.165, 1.54) is 10.6 Å². The summed E-state index contributed by atoms with van der Waals surface area (Å²) in [5, 5.41) is 6.41. The van der Waals surface area contributed by atoms with E-state index < -0.39 is 0 Å². The van der Waals surface area contributed by atoms with Gasteiger partial charge in [0.1, 0.15) is 0 Å². The van der Waals surface area contributed by atoms with Crippen LogP contribution in [0.2, 0.25) is 0 Å². The number of nitrogens with zero attached hydrogens (tertiary/aromatic N) is 2. The van der Waals surface area contributed by atoms with E-state index >= 15 is 0 Å². The van der Waals surface area contributed by atoms with Crippen molar-refractivity contribution in [1.29, 1.82) is 0 Å². The summed E-state index contributed by atoms with van der Waals surface area (Å²) in [6, 6.07) is 8.22. The lowest BCUT2D eigenvalue weighted by molar-refractivity contribution is 0.916. The number of thiazole rings is 1. The Labute approximate surface area is 153 Å². The molecule has 2 aromatic rings.